The third kappa shape index (κ3) is 3.52. The van der Waals surface area contributed by atoms with Gasteiger partial charge in [0.25, 0.3) is 0 Å². The number of benzene rings is 1. The van der Waals surface area contributed by atoms with Crippen molar-refractivity contribution in [3.8, 4) is 0 Å². The molecule has 0 unspecified atom stereocenters. The molecule has 0 saturated heterocycles. The first-order valence-electron chi connectivity index (χ1n) is 4.69. The molecule has 15 heavy (non-hydrogen) atoms. The van der Waals surface area contributed by atoms with Gasteiger partial charge in [0.2, 0.25) is 5.91 Å². The number of carbonyl (C=O) groups is 2. The van der Waals surface area contributed by atoms with Crippen LogP contribution in [0.15, 0.2) is 24.3 Å². The van der Waals surface area contributed by atoms with Gasteiger partial charge in [-0.15, -0.1) is 0 Å². The Hall–Kier alpha value is -1.68. The zero-order valence-electron chi connectivity index (χ0n) is 8.83. The molecule has 4 heteroatoms. The second-order valence-corrected chi connectivity index (χ2v) is 3.21. The van der Waals surface area contributed by atoms with Gasteiger partial charge < -0.3 is 10.6 Å². The molecule has 1 aromatic carbocycles. The number of rotatable bonds is 4. The van der Waals surface area contributed by atoms with Gasteiger partial charge in [-0.3, -0.25) is 9.59 Å². The molecule has 0 atom stereocenters. The number of Topliss-reactive ketones (excluding diaryl/α,β-unsaturated/α-hetero) is 1. The molecule has 0 aromatic heterocycles. The van der Waals surface area contributed by atoms with Crippen molar-refractivity contribution in [2.75, 3.05) is 18.9 Å². The van der Waals surface area contributed by atoms with Crippen molar-refractivity contribution < 1.29 is 9.59 Å². The predicted molar refractivity (Wildman–Crippen MR) is 59.0 cm³/mol. The number of nitrogens with one attached hydrogen (secondary N) is 2. The first-order chi connectivity index (χ1) is 7.13. The zero-order chi connectivity index (χ0) is 11.3. The number of anilines is 1. The van der Waals surface area contributed by atoms with E-state index >= 15 is 0 Å². The first-order valence-corrected chi connectivity index (χ1v) is 4.69. The molecule has 0 aliphatic rings. The molecule has 1 amide bonds. The monoisotopic (exact) mass is 206 g/mol. The highest BCUT2D eigenvalue weighted by Crippen LogP contribution is 2.09. The molecule has 0 saturated carbocycles. The summed E-state index contributed by atoms with van der Waals surface area (Å²) in [7, 11) is 1.73. The van der Waals surface area contributed by atoms with Crippen LogP contribution in [0.1, 0.15) is 17.3 Å². The molecule has 80 valence electrons. The molecule has 4 nitrogen and oxygen atoms in total. The molecular weight excluding hydrogens is 192 g/mol. The molecule has 0 spiro atoms. The molecule has 1 rings (SSSR count). The Bertz CT molecular complexity index is 357. The molecular formula is C11H14N2O2. The summed E-state index contributed by atoms with van der Waals surface area (Å²) in [5, 5.41) is 5.43. The highest BCUT2D eigenvalue weighted by atomic mass is 16.1. The van der Waals surface area contributed by atoms with Gasteiger partial charge in [-0.05, 0) is 31.3 Å². The predicted octanol–water partition coefficient (Wildman–Crippen LogP) is 1.05. The van der Waals surface area contributed by atoms with Gasteiger partial charge >= 0.3 is 0 Å². The van der Waals surface area contributed by atoms with Gasteiger partial charge in [-0.2, -0.15) is 0 Å². The third-order valence-electron chi connectivity index (χ3n) is 1.86. The summed E-state index contributed by atoms with van der Waals surface area (Å²) >= 11 is 0. The van der Waals surface area contributed by atoms with Crippen molar-refractivity contribution in [1.82, 2.24) is 5.32 Å². The first kappa shape index (κ1) is 11.4. The van der Waals surface area contributed by atoms with Crippen LogP contribution in [0.4, 0.5) is 5.69 Å². The molecule has 0 fully saturated rings. The van der Waals surface area contributed by atoms with Gasteiger partial charge in [0.15, 0.2) is 5.78 Å². The van der Waals surface area contributed by atoms with Crippen LogP contribution < -0.4 is 10.6 Å². The lowest BCUT2D eigenvalue weighted by Crippen LogP contribution is -2.18. The van der Waals surface area contributed by atoms with E-state index < -0.39 is 0 Å². The van der Waals surface area contributed by atoms with Crippen molar-refractivity contribution in [2.24, 2.45) is 0 Å². The molecule has 1 aromatic rings. The van der Waals surface area contributed by atoms with Crippen molar-refractivity contribution in [3.63, 3.8) is 0 Å². The summed E-state index contributed by atoms with van der Waals surface area (Å²) in [6.07, 6.45) is 0. The minimum atomic E-state index is -0.121. The maximum atomic E-state index is 11.4. The summed E-state index contributed by atoms with van der Waals surface area (Å²) in [5.74, 6) is -0.0869. The number of amides is 1. The lowest BCUT2D eigenvalue weighted by molar-refractivity contribution is -0.114. The molecule has 0 aliphatic heterocycles. The largest absolute Gasteiger partial charge is 0.326 e. The van der Waals surface area contributed by atoms with Crippen molar-refractivity contribution in [1.29, 1.82) is 0 Å². The van der Waals surface area contributed by atoms with Crippen LogP contribution in [0, 0.1) is 0 Å². The fourth-order valence-electron chi connectivity index (χ4n) is 1.21. The fraction of sp³-hybridized carbons (Fsp3) is 0.273. The Morgan fingerprint density at radius 1 is 1.20 bits per heavy atom. The van der Waals surface area contributed by atoms with Crippen molar-refractivity contribution >= 4 is 17.4 Å². The average Bonchev–Trinajstić information content (AvgIpc) is 2.18. The standard InChI is InChI=1S/C11H14N2O2/c1-8(14)13-10-5-3-9(4-6-10)11(15)7-12-2/h3-6,12H,7H2,1-2H3,(H,13,14). The summed E-state index contributed by atoms with van der Waals surface area (Å²) < 4.78 is 0. The van der Waals surface area contributed by atoms with Crippen LogP contribution in [0.2, 0.25) is 0 Å². The Kier molecular flexibility index (Phi) is 4.00. The van der Waals surface area contributed by atoms with Gasteiger partial charge in [0.05, 0.1) is 6.54 Å². The minimum absolute atomic E-state index is 0.0341. The highest BCUT2D eigenvalue weighted by Gasteiger charge is 2.03. The van der Waals surface area contributed by atoms with E-state index in [1.807, 2.05) is 0 Å². The molecule has 0 heterocycles. The normalized spacial score (nSPS) is 9.73. The maximum Gasteiger partial charge on any atom is 0.221 e. The van der Waals surface area contributed by atoms with Crippen molar-refractivity contribution in [3.05, 3.63) is 29.8 Å². The second-order valence-electron chi connectivity index (χ2n) is 3.21. The van der Waals surface area contributed by atoms with E-state index in [4.69, 9.17) is 0 Å². The number of carbonyl (C=O) groups excluding carboxylic acids is 2. The van der Waals surface area contributed by atoms with Crippen LogP contribution in [-0.2, 0) is 4.79 Å². The van der Waals surface area contributed by atoms with Crippen LogP contribution in [-0.4, -0.2) is 25.3 Å². The summed E-state index contributed by atoms with van der Waals surface area (Å²) in [6, 6.07) is 6.82. The maximum absolute atomic E-state index is 11.4. The van der Waals surface area contributed by atoms with E-state index in [0.29, 0.717) is 17.8 Å². The van der Waals surface area contributed by atoms with E-state index in [0.717, 1.165) is 0 Å². The lowest BCUT2D eigenvalue weighted by atomic mass is 10.1. The van der Waals surface area contributed by atoms with Gasteiger partial charge in [0.1, 0.15) is 0 Å². The van der Waals surface area contributed by atoms with Crippen LogP contribution in [0.5, 0.6) is 0 Å². The van der Waals surface area contributed by atoms with Gasteiger partial charge in [-0.25, -0.2) is 0 Å². The van der Waals surface area contributed by atoms with E-state index in [1.54, 1.807) is 31.3 Å². The van der Waals surface area contributed by atoms with Gasteiger partial charge in [0, 0.05) is 18.2 Å². The topological polar surface area (TPSA) is 58.2 Å². The van der Waals surface area contributed by atoms with Crippen LogP contribution in [0.3, 0.4) is 0 Å². The fourth-order valence-corrected chi connectivity index (χ4v) is 1.21. The minimum Gasteiger partial charge on any atom is -0.326 e. The van der Waals surface area contributed by atoms with Crippen LogP contribution in [0.25, 0.3) is 0 Å². The number of ketones is 1. The third-order valence-corrected chi connectivity index (χ3v) is 1.86. The van der Waals surface area contributed by atoms with Crippen molar-refractivity contribution in [2.45, 2.75) is 6.92 Å². The quantitative estimate of drug-likeness (QED) is 0.724. The Morgan fingerprint density at radius 2 is 1.80 bits per heavy atom. The van der Waals surface area contributed by atoms with E-state index in [2.05, 4.69) is 10.6 Å². The van der Waals surface area contributed by atoms with E-state index in [-0.39, 0.29) is 11.7 Å². The van der Waals surface area contributed by atoms with E-state index in [9.17, 15) is 9.59 Å². The summed E-state index contributed by atoms with van der Waals surface area (Å²) in [6.45, 7) is 1.76. The SMILES string of the molecule is CNCC(=O)c1ccc(NC(C)=O)cc1. The lowest BCUT2D eigenvalue weighted by Gasteiger charge is -2.03. The Balaban J connectivity index is 2.71. The number of hydrogen-bond donors (Lipinski definition) is 2. The summed E-state index contributed by atoms with van der Waals surface area (Å²) in [4.78, 5) is 22.2. The van der Waals surface area contributed by atoms with Crippen LogP contribution >= 0.6 is 0 Å². The zero-order valence-corrected chi connectivity index (χ0v) is 8.83. The summed E-state index contributed by atoms with van der Waals surface area (Å²) in [5.41, 5.74) is 1.34. The highest BCUT2D eigenvalue weighted by molar-refractivity contribution is 5.98. The molecule has 0 radical (unpaired) electrons. The smallest absolute Gasteiger partial charge is 0.221 e. The number of hydrogen-bond acceptors (Lipinski definition) is 3. The van der Waals surface area contributed by atoms with E-state index in [1.165, 1.54) is 6.92 Å². The molecule has 2 N–H and O–H groups in total. The Morgan fingerprint density at radius 3 is 2.27 bits per heavy atom. The Labute approximate surface area is 88.7 Å². The van der Waals surface area contributed by atoms with Gasteiger partial charge in [-0.1, -0.05) is 0 Å². The average molecular weight is 206 g/mol. The number of likely N-dealkylation sites (N-methyl/N-ethyl adjacent to an activating group) is 1. The molecule has 0 bridgehead atoms. The second kappa shape index (κ2) is 5.26. The molecule has 0 aliphatic carbocycles.